The molecule has 0 aromatic rings. The third-order valence-corrected chi connectivity index (χ3v) is 2.43. The van der Waals surface area contributed by atoms with Crippen LogP contribution in [-0.4, -0.2) is 35.9 Å². The third kappa shape index (κ3) is 3.44. The van der Waals surface area contributed by atoms with Crippen molar-refractivity contribution in [3.8, 4) is 6.07 Å². The summed E-state index contributed by atoms with van der Waals surface area (Å²) in [6.07, 6.45) is -0.0289. The number of rotatable bonds is 2. The summed E-state index contributed by atoms with van der Waals surface area (Å²) in [5, 5.41) is 23.6. The van der Waals surface area contributed by atoms with Crippen LogP contribution < -0.4 is 10.6 Å². The largest absolute Gasteiger partial charge is 0.511 e. The lowest BCUT2D eigenvalue weighted by Crippen LogP contribution is -2.61. The van der Waals surface area contributed by atoms with E-state index in [4.69, 9.17) is 10.00 Å². The zero-order valence-corrected chi connectivity index (χ0v) is 10.2. The molecule has 0 radical (unpaired) electrons. The van der Waals surface area contributed by atoms with Crippen LogP contribution in [0.25, 0.3) is 0 Å². The van der Waals surface area contributed by atoms with Gasteiger partial charge in [-0.3, -0.25) is 4.79 Å². The SMILES string of the molecule is C/C(O)=C(\C#N)C(=O)NC1(C)CNCC(C)O1. The van der Waals surface area contributed by atoms with Gasteiger partial charge in [0.2, 0.25) is 0 Å². The number of aliphatic hydroxyl groups is 1. The van der Waals surface area contributed by atoms with Gasteiger partial charge in [-0.15, -0.1) is 0 Å². The van der Waals surface area contributed by atoms with E-state index in [1.807, 2.05) is 6.92 Å². The van der Waals surface area contributed by atoms with Crippen molar-refractivity contribution in [2.24, 2.45) is 0 Å². The highest BCUT2D eigenvalue weighted by Gasteiger charge is 2.33. The molecule has 1 aliphatic heterocycles. The van der Waals surface area contributed by atoms with E-state index in [2.05, 4.69) is 10.6 Å². The Hall–Kier alpha value is -1.58. The zero-order chi connectivity index (χ0) is 13.1. The van der Waals surface area contributed by atoms with Gasteiger partial charge in [-0.25, -0.2) is 0 Å². The highest BCUT2D eigenvalue weighted by molar-refractivity contribution is 5.97. The fourth-order valence-corrected chi connectivity index (χ4v) is 1.71. The molecule has 6 nitrogen and oxygen atoms in total. The van der Waals surface area contributed by atoms with Crippen LogP contribution in [0.4, 0.5) is 0 Å². The number of nitriles is 1. The minimum atomic E-state index is -0.869. The van der Waals surface area contributed by atoms with Crippen LogP contribution in [0.5, 0.6) is 0 Å². The molecule has 1 heterocycles. The molecule has 94 valence electrons. The van der Waals surface area contributed by atoms with Gasteiger partial charge < -0.3 is 20.5 Å². The summed E-state index contributed by atoms with van der Waals surface area (Å²) >= 11 is 0. The van der Waals surface area contributed by atoms with E-state index in [1.54, 1.807) is 13.0 Å². The fraction of sp³-hybridized carbons (Fsp3) is 0.636. The quantitative estimate of drug-likeness (QED) is 0.363. The number of aliphatic hydroxyl groups excluding tert-OH is 1. The minimum Gasteiger partial charge on any atom is -0.511 e. The molecule has 1 aliphatic rings. The number of carbonyl (C=O) groups is 1. The summed E-state index contributed by atoms with van der Waals surface area (Å²) in [6.45, 7) is 6.06. The van der Waals surface area contributed by atoms with Gasteiger partial charge in [0.15, 0.2) is 11.3 Å². The van der Waals surface area contributed by atoms with Crippen LogP contribution in [0.1, 0.15) is 20.8 Å². The average Bonchev–Trinajstić information content (AvgIpc) is 2.16. The molecule has 1 amide bonds. The van der Waals surface area contributed by atoms with Crippen molar-refractivity contribution in [2.45, 2.75) is 32.6 Å². The van der Waals surface area contributed by atoms with Crippen molar-refractivity contribution in [3.63, 3.8) is 0 Å². The van der Waals surface area contributed by atoms with E-state index >= 15 is 0 Å². The number of morpholine rings is 1. The van der Waals surface area contributed by atoms with Crippen molar-refractivity contribution < 1.29 is 14.6 Å². The van der Waals surface area contributed by atoms with Crippen LogP contribution >= 0.6 is 0 Å². The van der Waals surface area contributed by atoms with Crippen molar-refractivity contribution in [3.05, 3.63) is 11.3 Å². The summed E-state index contributed by atoms with van der Waals surface area (Å²) in [5.41, 5.74) is -1.17. The molecule has 0 aliphatic carbocycles. The Kier molecular flexibility index (Phi) is 4.10. The molecule has 0 bridgehead atoms. The van der Waals surface area contributed by atoms with Crippen LogP contribution in [0.3, 0.4) is 0 Å². The Morgan fingerprint density at radius 1 is 1.71 bits per heavy atom. The topological polar surface area (TPSA) is 94.4 Å². The third-order valence-electron chi connectivity index (χ3n) is 2.43. The molecule has 17 heavy (non-hydrogen) atoms. The molecular formula is C11H17N3O3. The molecule has 2 atom stereocenters. The predicted molar refractivity (Wildman–Crippen MR) is 60.9 cm³/mol. The van der Waals surface area contributed by atoms with Gasteiger partial charge in [-0.05, 0) is 20.8 Å². The normalized spacial score (nSPS) is 30.1. The molecule has 6 heteroatoms. The first-order valence-corrected chi connectivity index (χ1v) is 5.39. The number of amides is 1. The number of nitrogens with zero attached hydrogens (tertiary/aromatic N) is 1. The molecule has 1 rings (SSSR count). The van der Waals surface area contributed by atoms with E-state index in [9.17, 15) is 9.90 Å². The first kappa shape index (κ1) is 13.5. The minimum absolute atomic E-state index is 0.0289. The van der Waals surface area contributed by atoms with Gasteiger partial charge in [-0.2, -0.15) is 5.26 Å². The highest BCUT2D eigenvalue weighted by Crippen LogP contribution is 2.14. The van der Waals surface area contributed by atoms with E-state index in [0.717, 1.165) is 0 Å². The summed E-state index contributed by atoms with van der Waals surface area (Å²) < 4.78 is 5.61. The van der Waals surface area contributed by atoms with Crippen molar-refractivity contribution in [1.82, 2.24) is 10.6 Å². The number of hydrogen-bond donors (Lipinski definition) is 3. The van der Waals surface area contributed by atoms with Crippen molar-refractivity contribution in [1.29, 1.82) is 5.26 Å². The van der Waals surface area contributed by atoms with Gasteiger partial charge in [0.25, 0.3) is 5.91 Å². The smallest absolute Gasteiger partial charge is 0.267 e. The lowest BCUT2D eigenvalue weighted by Gasteiger charge is -2.38. The standard InChI is InChI=1S/C11H17N3O3/c1-7-5-13-6-11(3,17-7)14-10(16)9(4-12)8(2)15/h7,13,15H,5-6H2,1-3H3,(H,14,16)/b9-8-. The molecule has 0 saturated carbocycles. The van der Waals surface area contributed by atoms with Crippen molar-refractivity contribution >= 4 is 5.91 Å². The summed E-state index contributed by atoms with van der Waals surface area (Å²) in [7, 11) is 0. The number of nitrogens with one attached hydrogen (secondary N) is 2. The molecule has 0 aromatic heterocycles. The molecular weight excluding hydrogens is 222 g/mol. The molecule has 0 spiro atoms. The van der Waals surface area contributed by atoms with Gasteiger partial charge in [0.05, 0.1) is 6.10 Å². The Labute approximate surface area is 100 Å². The van der Waals surface area contributed by atoms with Crippen LogP contribution in [0, 0.1) is 11.3 Å². The van der Waals surface area contributed by atoms with Gasteiger partial charge >= 0.3 is 0 Å². The molecule has 1 saturated heterocycles. The van der Waals surface area contributed by atoms with Crippen LogP contribution in [-0.2, 0) is 9.53 Å². The van der Waals surface area contributed by atoms with Gasteiger partial charge in [0, 0.05) is 13.1 Å². The number of carbonyl (C=O) groups excluding carboxylic acids is 1. The summed E-state index contributed by atoms with van der Waals surface area (Å²) in [5.74, 6) is -0.934. The number of ether oxygens (including phenoxy) is 1. The van der Waals surface area contributed by atoms with E-state index in [-0.39, 0.29) is 17.4 Å². The number of allylic oxidation sites excluding steroid dienone is 1. The Bertz CT molecular complexity index is 382. The second-order valence-electron chi connectivity index (χ2n) is 4.32. The predicted octanol–water partition coefficient (Wildman–Crippen LogP) is 0.183. The maximum absolute atomic E-state index is 11.7. The van der Waals surface area contributed by atoms with E-state index in [1.165, 1.54) is 6.92 Å². The van der Waals surface area contributed by atoms with Gasteiger partial charge in [-0.1, -0.05) is 0 Å². The fourth-order valence-electron chi connectivity index (χ4n) is 1.71. The maximum Gasteiger partial charge on any atom is 0.267 e. The Morgan fingerprint density at radius 3 is 2.82 bits per heavy atom. The first-order valence-electron chi connectivity index (χ1n) is 5.39. The second-order valence-corrected chi connectivity index (χ2v) is 4.32. The lowest BCUT2D eigenvalue weighted by atomic mass is 10.1. The molecule has 1 fully saturated rings. The molecule has 0 aromatic carbocycles. The first-order chi connectivity index (χ1) is 7.88. The number of hydrogen-bond acceptors (Lipinski definition) is 5. The summed E-state index contributed by atoms with van der Waals surface area (Å²) in [4.78, 5) is 11.7. The zero-order valence-electron chi connectivity index (χ0n) is 10.2. The maximum atomic E-state index is 11.7. The van der Waals surface area contributed by atoms with E-state index in [0.29, 0.717) is 13.1 Å². The monoisotopic (exact) mass is 239 g/mol. The highest BCUT2D eigenvalue weighted by atomic mass is 16.5. The molecule has 3 N–H and O–H groups in total. The van der Waals surface area contributed by atoms with Crippen LogP contribution in [0.2, 0.25) is 0 Å². The summed E-state index contributed by atoms with van der Waals surface area (Å²) in [6, 6.07) is 1.66. The van der Waals surface area contributed by atoms with E-state index < -0.39 is 11.6 Å². The molecule has 2 unspecified atom stereocenters. The van der Waals surface area contributed by atoms with Crippen molar-refractivity contribution in [2.75, 3.05) is 13.1 Å². The second kappa shape index (κ2) is 5.17. The lowest BCUT2D eigenvalue weighted by molar-refractivity contribution is -0.141. The Morgan fingerprint density at radius 2 is 2.35 bits per heavy atom. The van der Waals surface area contributed by atoms with Crippen LogP contribution in [0.15, 0.2) is 11.3 Å². The average molecular weight is 239 g/mol. The Balaban J connectivity index is 2.75. The van der Waals surface area contributed by atoms with Gasteiger partial charge in [0.1, 0.15) is 11.8 Å².